The van der Waals surface area contributed by atoms with Gasteiger partial charge in [-0.15, -0.1) is 0 Å². The second-order valence-corrected chi connectivity index (χ2v) is 8.32. The number of aromatic hydroxyl groups is 1. The van der Waals surface area contributed by atoms with Crippen LogP contribution in [0.15, 0.2) is 17.7 Å². The lowest BCUT2D eigenvalue weighted by atomic mass is 9.67. The number of aromatic carboxylic acids is 1. The summed E-state index contributed by atoms with van der Waals surface area (Å²) < 4.78 is 6.30. The van der Waals surface area contributed by atoms with Crippen molar-refractivity contribution >= 4 is 5.97 Å². The second kappa shape index (κ2) is 9.02. The van der Waals surface area contributed by atoms with Gasteiger partial charge >= 0.3 is 5.97 Å². The van der Waals surface area contributed by atoms with Gasteiger partial charge in [0.25, 0.3) is 0 Å². The number of carboxylic acid groups (broad SMARTS) is 1. The van der Waals surface area contributed by atoms with E-state index in [1.54, 1.807) is 0 Å². The molecule has 4 heteroatoms. The number of hydrogen-bond donors (Lipinski definition) is 2. The molecule has 4 nitrogen and oxygen atoms in total. The number of aryl methyl sites for hydroxylation is 1. The molecule has 0 spiro atoms. The molecule has 1 aliphatic carbocycles. The first kappa shape index (κ1) is 22.3. The van der Waals surface area contributed by atoms with Crippen LogP contribution in [-0.2, 0) is 6.42 Å². The molecule has 0 saturated carbocycles. The van der Waals surface area contributed by atoms with E-state index < -0.39 is 5.97 Å². The predicted molar refractivity (Wildman–Crippen MR) is 114 cm³/mol. The molecule has 1 aliphatic heterocycles. The molecular weight excluding hydrogens is 352 g/mol. The van der Waals surface area contributed by atoms with E-state index in [2.05, 4.69) is 33.8 Å². The average molecular weight is 389 g/mol. The monoisotopic (exact) mass is 388 g/mol. The lowest BCUT2D eigenvalue weighted by molar-refractivity contribution is 0.0106. The summed E-state index contributed by atoms with van der Waals surface area (Å²) in [7, 11) is 0. The molecule has 0 fully saturated rings. The fourth-order valence-corrected chi connectivity index (χ4v) is 4.61. The maximum Gasteiger partial charge on any atom is 0.339 e. The van der Waals surface area contributed by atoms with E-state index in [0.29, 0.717) is 23.3 Å². The quantitative estimate of drug-likeness (QED) is 0.449. The van der Waals surface area contributed by atoms with Gasteiger partial charge in [0.1, 0.15) is 22.7 Å². The minimum atomic E-state index is -1.06. The highest BCUT2D eigenvalue weighted by Crippen LogP contribution is 2.54. The van der Waals surface area contributed by atoms with Crippen molar-refractivity contribution in [3.05, 3.63) is 34.4 Å². The van der Waals surface area contributed by atoms with Crippen molar-refractivity contribution < 1.29 is 19.7 Å². The van der Waals surface area contributed by atoms with Crippen LogP contribution < -0.4 is 4.74 Å². The Hall–Kier alpha value is -1.97. The molecule has 3 rings (SSSR count). The molecule has 1 aromatic rings. The molecular formula is C24H36O4. The molecule has 2 aliphatic rings. The Kier molecular flexibility index (Phi) is 7.19. The molecule has 0 bridgehead atoms. The average Bonchev–Trinajstić information content (AvgIpc) is 2.62. The van der Waals surface area contributed by atoms with E-state index >= 15 is 0 Å². The number of rotatable bonds is 5. The fraction of sp³-hybridized carbons (Fsp3) is 0.625. The van der Waals surface area contributed by atoms with Crippen molar-refractivity contribution in [1.82, 2.24) is 0 Å². The third-order valence-corrected chi connectivity index (χ3v) is 5.99. The van der Waals surface area contributed by atoms with Crippen molar-refractivity contribution in [2.24, 2.45) is 5.92 Å². The van der Waals surface area contributed by atoms with Gasteiger partial charge in [-0.05, 0) is 58.1 Å². The molecule has 1 heterocycles. The Bertz CT molecular complexity index is 745. The zero-order valence-corrected chi connectivity index (χ0v) is 18.3. The summed E-state index contributed by atoms with van der Waals surface area (Å²) in [4.78, 5) is 11.9. The molecule has 0 aromatic heterocycles. The highest BCUT2D eigenvalue weighted by atomic mass is 16.5. The van der Waals surface area contributed by atoms with E-state index in [9.17, 15) is 15.0 Å². The Labute approximate surface area is 169 Å². The summed E-state index contributed by atoms with van der Waals surface area (Å²) in [5, 5.41) is 20.7. The largest absolute Gasteiger partial charge is 0.507 e. The summed E-state index contributed by atoms with van der Waals surface area (Å²) in [6, 6.07) is 1.86. The highest BCUT2D eigenvalue weighted by molar-refractivity contribution is 5.94. The smallest absolute Gasteiger partial charge is 0.339 e. The molecule has 0 radical (unpaired) electrons. The molecule has 0 amide bonds. The minimum Gasteiger partial charge on any atom is -0.507 e. The molecule has 2 atom stereocenters. The SMILES string of the molecule is CC.CCCCCc1cc2c(c(O)c1C(=O)O)C1C=C(C)CCC1C(C)(C)O2. The van der Waals surface area contributed by atoms with Gasteiger partial charge in [0.05, 0.1) is 0 Å². The molecule has 2 N–H and O–H groups in total. The Morgan fingerprint density at radius 2 is 1.96 bits per heavy atom. The maximum absolute atomic E-state index is 11.9. The lowest BCUT2D eigenvalue weighted by Gasteiger charge is -2.46. The van der Waals surface area contributed by atoms with E-state index in [4.69, 9.17) is 4.74 Å². The number of hydrogen-bond acceptors (Lipinski definition) is 3. The van der Waals surface area contributed by atoms with Gasteiger partial charge in [-0.1, -0.05) is 45.3 Å². The number of benzene rings is 1. The molecule has 0 saturated heterocycles. The number of allylic oxidation sites excluding steroid dienone is 2. The molecule has 156 valence electrons. The van der Waals surface area contributed by atoms with E-state index in [1.165, 1.54) is 5.57 Å². The van der Waals surface area contributed by atoms with Gasteiger partial charge in [0.15, 0.2) is 0 Å². The third-order valence-electron chi connectivity index (χ3n) is 5.99. The van der Waals surface area contributed by atoms with E-state index in [0.717, 1.165) is 32.1 Å². The van der Waals surface area contributed by atoms with Crippen LogP contribution in [-0.4, -0.2) is 21.8 Å². The highest BCUT2D eigenvalue weighted by Gasteiger charge is 2.46. The normalized spacial score (nSPS) is 22.0. The predicted octanol–water partition coefficient (Wildman–Crippen LogP) is 6.46. The standard InChI is InChI=1S/C22H30O4.C2H6/c1-5-6-7-8-14-12-17-19(20(23)18(14)21(24)25)15-11-13(2)9-10-16(15)22(3,4)26-17;1-2/h11-12,15-16,23H,5-10H2,1-4H3,(H,24,25);1-2H3. The number of carbonyl (C=O) groups is 1. The number of ether oxygens (including phenoxy) is 1. The second-order valence-electron chi connectivity index (χ2n) is 8.32. The minimum absolute atomic E-state index is 0.00490. The number of fused-ring (bicyclic) bond motifs is 3. The number of phenols is 1. The third kappa shape index (κ3) is 4.21. The summed E-state index contributed by atoms with van der Waals surface area (Å²) >= 11 is 0. The van der Waals surface area contributed by atoms with Crippen LogP contribution in [0.1, 0.15) is 101 Å². The van der Waals surface area contributed by atoms with Gasteiger partial charge in [-0.25, -0.2) is 4.79 Å². The Morgan fingerprint density at radius 3 is 2.57 bits per heavy atom. The van der Waals surface area contributed by atoms with Crippen molar-refractivity contribution in [2.45, 2.75) is 91.6 Å². The van der Waals surface area contributed by atoms with Crippen molar-refractivity contribution in [3.63, 3.8) is 0 Å². The van der Waals surface area contributed by atoms with Gasteiger partial charge in [0, 0.05) is 17.4 Å². The first-order chi connectivity index (χ1) is 13.3. The lowest BCUT2D eigenvalue weighted by Crippen LogP contribution is -2.45. The first-order valence-electron chi connectivity index (χ1n) is 10.7. The van der Waals surface area contributed by atoms with Crippen LogP contribution >= 0.6 is 0 Å². The summed E-state index contributed by atoms with van der Waals surface area (Å²) in [5.41, 5.74) is 2.34. The topological polar surface area (TPSA) is 66.8 Å². The summed E-state index contributed by atoms with van der Waals surface area (Å²) in [6.45, 7) is 12.4. The van der Waals surface area contributed by atoms with Crippen LogP contribution in [0, 0.1) is 5.92 Å². The molecule has 2 unspecified atom stereocenters. The number of carboxylic acids is 1. The van der Waals surface area contributed by atoms with Crippen LogP contribution in [0.25, 0.3) is 0 Å². The van der Waals surface area contributed by atoms with Gasteiger partial charge < -0.3 is 14.9 Å². The van der Waals surface area contributed by atoms with E-state index in [1.807, 2.05) is 19.9 Å². The van der Waals surface area contributed by atoms with Crippen molar-refractivity contribution in [3.8, 4) is 11.5 Å². The van der Waals surface area contributed by atoms with Crippen LogP contribution in [0.5, 0.6) is 11.5 Å². The molecule has 1 aromatic carbocycles. The summed E-state index contributed by atoms with van der Waals surface area (Å²) in [6.07, 6.45) is 7.85. The van der Waals surface area contributed by atoms with Crippen LogP contribution in [0.3, 0.4) is 0 Å². The molecule has 28 heavy (non-hydrogen) atoms. The zero-order chi connectivity index (χ0) is 21.1. The number of unbranched alkanes of at least 4 members (excludes halogenated alkanes) is 2. The van der Waals surface area contributed by atoms with Crippen molar-refractivity contribution in [2.75, 3.05) is 0 Å². The van der Waals surface area contributed by atoms with Crippen LogP contribution in [0.2, 0.25) is 0 Å². The van der Waals surface area contributed by atoms with Gasteiger partial charge in [0.2, 0.25) is 0 Å². The van der Waals surface area contributed by atoms with Crippen molar-refractivity contribution in [1.29, 1.82) is 0 Å². The van der Waals surface area contributed by atoms with Gasteiger partial charge in [-0.2, -0.15) is 0 Å². The fourth-order valence-electron chi connectivity index (χ4n) is 4.61. The Morgan fingerprint density at radius 1 is 1.29 bits per heavy atom. The first-order valence-corrected chi connectivity index (χ1v) is 10.7. The Balaban J connectivity index is 0.00000136. The maximum atomic E-state index is 11.9. The van der Waals surface area contributed by atoms with E-state index in [-0.39, 0.29) is 28.7 Å². The summed E-state index contributed by atoms with van der Waals surface area (Å²) in [5.74, 6) is -0.272. The van der Waals surface area contributed by atoms with Gasteiger partial charge in [-0.3, -0.25) is 0 Å². The van der Waals surface area contributed by atoms with Crippen LogP contribution in [0.4, 0.5) is 0 Å². The zero-order valence-electron chi connectivity index (χ0n) is 18.3.